The highest BCUT2D eigenvalue weighted by Gasteiger charge is 2.64. The van der Waals surface area contributed by atoms with E-state index in [1.165, 1.54) is 7.11 Å². The predicted molar refractivity (Wildman–Crippen MR) is 155 cm³/mol. The van der Waals surface area contributed by atoms with Crippen LogP contribution in [0.5, 0.6) is 0 Å². The Hall–Kier alpha value is -1.90. The third kappa shape index (κ3) is 6.71. The minimum atomic E-state index is -0.735. The van der Waals surface area contributed by atoms with Crippen LogP contribution in [-0.4, -0.2) is 57.1 Å². The van der Waals surface area contributed by atoms with Crippen molar-refractivity contribution < 1.29 is 28.4 Å². The maximum Gasteiger partial charge on any atom is 0.494 e. The van der Waals surface area contributed by atoms with Gasteiger partial charge in [-0.2, -0.15) is 0 Å². The Bertz CT molecular complexity index is 983. The quantitative estimate of drug-likeness (QED) is 0.154. The number of ether oxygens (including phenoxy) is 2. The zero-order valence-corrected chi connectivity index (χ0v) is 25.6. The lowest BCUT2D eigenvalue weighted by molar-refractivity contribution is -0.170. The first-order chi connectivity index (χ1) is 18.2. The lowest BCUT2D eigenvalue weighted by Crippen LogP contribution is -2.54. The van der Waals surface area contributed by atoms with Gasteiger partial charge in [-0.1, -0.05) is 71.9 Å². The second-order valence-corrected chi connectivity index (χ2v) is 13.4. The van der Waals surface area contributed by atoms with Gasteiger partial charge in [-0.25, -0.2) is 4.79 Å². The molecule has 2 aliphatic heterocycles. The minimum Gasteiger partial charge on any atom is -0.469 e. The van der Waals surface area contributed by atoms with Crippen molar-refractivity contribution in [2.45, 2.75) is 105 Å². The summed E-state index contributed by atoms with van der Waals surface area (Å²) in [6, 6.07) is 9.99. The molecule has 4 atom stereocenters. The highest BCUT2D eigenvalue weighted by Crippen LogP contribution is 2.58. The molecule has 0 aromatic heterocycles. The fraction of sp³-hybridized carbons (Fsp3) is 0.742. The number of hydrogen-bond acceptors (Lipinski definition) is 7. The maximum atomic E-state index is 13.4. The summed E-state index contributed by atoms with van der Waals surface area (Å²) in [6.07, 6.45) is 3.87. The molecule has 3 rings (SSSR count). The van der Waals surface area contributed by atoms with E-state index >= 15 is 0 Å². The van der Waals surface area contributed by atoms with Gasteiger partial charge in [0.1, 0.15) is 5.54 Å². The average molecular weight is 544 g/mol. The van der Waals surface area contributed by atoms with Gasteiger partial charge in [0.2, 0.25) is 0 Å². The largest absolute Gasteiger partial charge is 0.494 e. The Kier molecular flexibility index (Phi) is 9.99. The Balaban J connectivity index is 1.52. The second-order valence-electron chi connectivity index (χ2n) is 13.4. The molecule has 2 fully saturated rings. The molecule has 39 heavy (non-hydrogen) atoms. The van der Waals surface area contributed by atoms with Crippen LogP contribution in [0, 0.1) is 22.2 Å². The van der Waals surface area contributed by atoms with E-state index in [1.54, 1.807) is 0 Å². The molecule has 7 nitrogen and oxygen atoms in total. The number of carbonyl (C=O) groups excluding carboxylic acids is 2. The fourth-order valence-corrected chi connectivity index (χ4v) is 6.31. The first-order valence-electron chi connectivity index (χ1n) is 14.6. The second kappa shape index (κ2) is 12.3. The van der Waals surface area contributed by atoms with Crippen molar-refractivity contribution in [2.75, 3.05) is 20.3 Å². The fourth-order valence-electron chi connectivity index (χ4n) is 6.31. The van der Waals surface area contributed by atoms with E-state index in [-0.39, 0.29) is 36.6 Å². The van der Waals surface area contributed by atoms with E-state index in [0.29, 0.717) is 32.0 Å². The number of methoxy groups -OCH3 is 1. The lowest BCUT2D eigenvalue weighted by Gasteiger charge is -2.53. The molecule has 0 bridgehead atoms. The number of carbonyl (C=O) groups is 2. The van der Waals surface area contributed by atoms with Crippen molar-refractivity contribution >= 4 is 24.5 Å². The molecule has 0 radical (unpaired) electrons. The molecule has 0 amide bonds. The molecule has 218 valence electrons. The summed E-state index contributed by atoms with van der Waals surface area (Å²) >= 11 is 0. The molecule has 0 aliphatic carbocycles. The van der Waals surface area contributed by atoms with Crippen LogP contribution in [0.15, 0.2) is 30.3 Å². The molecular weight excluding hydrogens is 493 g/mol. The lowest BCUT2D eigenvalue weighted by atomic mass is 9.50. The monoisotopic (exact) mass is 543 g/mol. The third-order valence-corrected chi connectivity index (χ3v) is 9.71. The normalized spacial score (nSPS) is 24.9. The maximum absolute atomic E-state index is 13.4. The number of rotatable bonds is 14. The van der Waals surface area contributed by atoms with Crippen LogP contribution in [0.25, 0.3) is 0 Å². The molecule has 8 heteroatoms. The zero-order chi connectivity index (χ0) is 29.1. The topological polar surface area (TPSA) is 93.0 Å². The molecule has 2 heterocycles. The van der Waals surface area contributed by atoms with Gasteiger partial charge in [-0.05, 0) is 68.2 Å². The first-order valence-corrected chi connectivity index (χ1v) is 14.6. The third-order valence-electron chi connectivity index (χ3n) is 9.71. The number of benzene rings is 1. The smallest absolute Gasteiger partial charge is 0.469 e. The SMILES string of the molecule is COC(=O)C(C)(CC(C)C)C(C)(C)C(C)(C)CC1(C(=O)OCCCCC2COB(c3ccccc3)O2)NC1C. The van der Waals surface area contributed by atoms with Crippen LogP contribution in [0.4, 0.5) is 0 Å². The summed E-state index contributed by atoms with van der Waals surface area (Å²) in [4.78, 5) is 26.4. The summed E-state index contributed by atoms with van der Waals surface area (Å²) < 4.78 is 22.9. The Labute approximate surface area is 236 Å². The highest BCUT2D eigenvalue weighted by molar-refractivity contribution is 6.61. The molecular formula is C31H50BNO6. The van der Waals surface area contributed by atoms with Gasteiger partial charge in [0.25, 0.3) is 0 Å². The van der Waals surface area contributed by atoms with Crippen molar-refractivity contribution in [1.29, 1.82) is 0 Å². The Morgan fingerprint density at radius 1 is 1.13 bits per heavy atom. The first kappa shape index (κ1) is 31.6. The van der Waals surface area contributed by atoms with Gasteiger partial charge < -0.3 is 18.8 Å². The van der Waals surface area contributed by atoms with Gasteiger partial charge in [0, 0.05) is 6.04 Å². The van der Waals surface area contributed by atoms with Gasteiger partial charge in [0.05, 0.1) is 31.8 Å². The van der Waals surface area contributed by atoms with Crippen LogP contribution in [0.2, 0.25) is 0 Å². The highest BCUT2D eigenvalue weighted by atomic mass is 16.6. The Morgan fingerprint density at radius 3 is 2.33 bits per heavy atom. The van der Waals surface area contributed by atoms with Gasteiger partial charge >= 0.3 is 19.1 Å². The van der Waals surface area contributed by atoms with Crippen LogP contribution in [-0.2, 0) is 28.4 Å². The van der Waals surface area contributed by atoms with Gasteiger partial charge in [-0.3, -0.25) is 10.1 Å². The van der Waals surface area contributed by atoms with Crippen molar-refractivity contribution in [2.24, 2.45) is 22.2 Å². The van der Waals surface area contributed by atoms with E-state index in [2.05, 4.69) is 46.9 Å². The number of nitrogens with one attached hydrogen (secondary N) is 1. The molecule has 0 saturated carbocycles. The molecule has 2 saturated heterocycles. The standard InChI is InChI=1S/C31H50BNO6/c1-22(2)19-30(8,26(34)36-9)29(6,7)28(4,5)21-31(23(3)33-31)27(35)37-18-14-13-17-25-20-38-32(39-25)24-15-11-10-12-16-24/h10-12,15-16,22-23,25,33H,13-14,17-21H2,1-9H3. The minimum absolute atomic E-state index is 0.0218. The number of esters is 2. The van der Waals surface area contributed by atoms with E-state index in [0.717, 1.165) is 24.7 Å². The van der Waals surface area contributed by atoms with Crippen LogP contribution < -0.4 is 10.8 Å². The number of hydrogen-bond donors (Lipinski definition) is 1. The predicted octanol–water partition coefficient (Wildman–Crippen LogP) is 4.91. The summed E-state index contributed by atoms with van der Waals surface area (Å²) in [5.41, 5.74) is -1.21. The summed E-state index contributed by atoms with van der Waals surface area (Å²) in [6.45, 7) is 17.8. The van der Waals surface area contributed by atoms with E-state index in [1.807, 2.05) is 44.2 Å². The molecule has 1 aromatic carbocycles. The Morgan fingerprint density at radius 2 is 1.77 bits per heavy atom. The van der Waals surface area contributed by atoms with Crippen LogP contribution >= 0.6 is 0 Å². The van der Waals surface area contributed by atoms with Crippen molar-refractivity contribution in [3.63, 3.8) is 0 Å². The molecule has 1 aromatic rings. The van der Waals surface area contributed by atoms with Crippen LogP contribution in [0.1, 0.15) is 87.5 Å². The van der Waals surface area contributed by atoms with Crippen LogP contribution in [0.3, 0.4) is 0 Å². The summed E-state index contributed by atoms with van der Waals surface area (Å²) in [5, 5.41) is 3.39. The molecule has 0 spiro atoms. The molecule has 2 aliphatic rings. The molecule has 1 N–H and O–H groups in total. The summed E-state index contributed by atoms with van der Waals surface area (Å²) in [5.74, 6) is -0.0759. The van der Waals surface area contributed by atoms with E-state index in [9.17, 15) is 9.59 Å². The van der Waals surface area contributed by atoms with E-state index in [4.69, 9.17) is 18.8 Å². The summed E-state index contributed by atoms with van der Waals surface area (Å²) in [7, 11) is 1.16. The van der Waals surface area contributed by atoms with Crippen molar-refractivity contribution in [3.8, 4) is 0 Å². The van der Waals surface area contributed by atoms with Gasteiger partial charge in [-0.15, -0.1) is 0 Å². The van der Waals surface area contributed by atoms with Crippen molar-refractivity contribution in [1.82, 2.24) is 5.32 Å². The van der Waals surface area contributed by atoms with Crippen molar-refractivity contribution in [3.05, 3.63) is 30.3 Å². The van der Waals surface area contributed by atoms with E-state index < -0.39 is 16.4 Å². The zero-order valence-electron chi connectivity index (χ0n) is 25.6. The average Bonchev–Trinajstić information content (AvgIpc) is 3.29. The number of unbranched alkanes of at least 4 members (excludes halogenated alkanes) is 1. The van der Waals surface area contributed by atoms with Gasteiger partial charge in [0.15, 0.2) is 0 Å². The molecule has 4 unspecified atom stereocenters.